The minimum atomic E-state index is 0. The molecule has 1 aliphatic heterocycles. The zero-order valence-corrected chi connectivity index (χ0v) is 14.5. The van der Waals surface area contributed by atoms with Gasteiger partial charge >= 0.3 is 0 Å². The molecule has 0 radical (unpaired) electrons. The smallest absolute Gasteiger partial charge is 0.255 e. The van der Waals surface area contributed by atoms with Crippen LogP contribution in [-0.4, -0.2) is 37.5 Å². The van der Waals surface area contributed by atoms with Crippen molar-refractivity contribution in [2.24, 2.45) is 5.92 Å². The van der Waals surface area contributed by atoms with E-state index in [1.54, 1.807) is 12.1 Å². The first-order valence-corrected chi connectivity index (χ1v) is 7.68. The minimum absolute atomic E-state index is 0. The lowest BCUT2D eigenvalue weighted by Gasteiger charge is -2.32. The Morgan fingerprint density at radius 2 is 2.10 bits per heavy atom. The fourth-order valence-corrected chi connectivity index (χ4v) is 3.22. The van der Waals surface area contributed by atoms with Gasteiger partial charge in [0, 0.05) is 17.6 Å². The van der Waals surface area contributed by atoms with E-state index in [1.165, 1.54) is 0 Å². The fraction of sp³-hybridized carbons (Fsp3) is 0.500. The molecule has 0 spiro atoms. The average molecular weight is 382 g/mol. The highest BCUT2D eigenvalue weighted by molar-refractivity contribution is 9.10. The van der Waals surface area contributed by atoms with Crippen molar-refractivity contribution in [3.8, 4) is 0 Å². The number of halogens is 3. The van der Waals surface area contributed by atoms with Crippen LogP contribution in [0.3, 0.4) is 0 Å². The Kier molecular flexibility index (Phi) is 7.30. The van der Waals surface area contributed by atoms with E-state index in [2.05, 4.69) is 21.2 Å². The Balaban J connectivity index is 0.00000200. The van der Waals surface area contributed by atoms with Gasteiger partial charge in [0.25, 0.3) is 5.91 Å². The first kappa shape index (κ1) is 17.8. The monoisotopic (exact) mass is 380 g/mol. The molecule has 1 saturated heterocycles. The third-order valence-electron chi connectivity index (χ3n) is 3.56. The number of hydrogen-bond donors (Lipinski definition) is 1. The summed E-state index contributed by atoms with van der Waals surface area (Å²) >= 11 is 9.48. The van der Waals surface area contributed by atoms with E-state index >= 15 is 0 Å². The molecule has 1 amide bonds. The first-order valence-electron chi connectivity index (χ1n) is 6.50. The molecule has 1 fully saturated rings. The summed E-state index contributed by atoms with van der Waals surface area (Å²) in [6, 6.07) is 5.41. The van der Waals surface area contributed by atoms with Gasteiger partial charge in [0.2, 0.25) is 0 Å². The second-order valence-corrected chi connectivity index (χ2v) is 6.24. The maximum absolute atomic E-state index is 12.4. The van der Waals surface area contributed by atoms with Gasteiger partial charge in [0.05, 0.1) is 10.6 Å². The summed E-state index contributed by atoms with van der Waals surface area (Å²) in [4.78, 5) is 14.3. The normalized spacial score (nSPS) is 15.8. The van der Waals surface area contributed by atoms with E-state index in [9.17, 15) is 4.79 Å². The van der Waals surface area contributed by atoms with E-state index in [0.29, 0.717) is 16.5 Å². The molecule has 1 aromatic rings. The molecular formula is C14H19BrCl2N2O. The molecule has 0 atom stereocenters. The first-order chi connectivity index (χ1) is 9.11. The van der Waals surface area contributed by atoms with Crippen molar-refractivity contribution in [1.29, 1.82) is 0 Å². The minimum Gasteiger partial charge on any atom is -0.339 e. The number of nitrogens with zero attached hydrogens (tertiary/aromatic N) is 1. The summed E-state index contributed by atoms with van der Waals surface area (Å²) < 4.78 is 0.891. The maximum Gasteiger partial charge on any atom is 0.255 e. The molecule has 2 rings (SSSR count). The van der Waals surface area contributed by atoms with Crippen molar-refractivity contribution in [3.05, 3.63) is 33.3 Å². The highest BCUT2D eigenvalue weighted by Crippen LogP contribution is 2.24. The van der Waals surface area contributed by atoms with Crippen LogP contribution in [0.25, 0.3) is 0 Å². The third-order valence-corrected chi connectivity index (χ3v) is 4.36. The molecule has 20 heavy (non-hydrogen) atoms. The Morgan fingerprint density at radius 1 is 1.45 bits per heavy atom. The summed E-state index contributed by atoms with van der Waals surface area (Å²) in [7, 11) is 1.97. The molecular weight excluding hydrogens is 363 g/mol. The summed E-state index contributed by atoms with van der Waals surface area (Å²) in [5.74, 6) is 0.717. The van der Waals surface area contributed by atoms with Crippen molar-refractivity contribution in [2.75, 3.05) is 26.7 Å². The van der Waals surface area contributed by atoms with Crippen molar-refractivity contribution < 1.29 is 4.79 Å². The summed E-state index contributed by atoms with van der Waals surface area (Å²) in [5.41, 5.74) is 0.594. The molecule has 112 valence electrons. The maximum atomic E-state index is 12.4. The van der Waals surface area contributed by atoms with E-state index in [1.807, 2.05) is 18.0 Å². The van der Waals surface area contributed by atoms with Crippen LogP contribution in [0, 0.1) is 5.92 Å². The van der Waals surface area contributed by atoms with E-state index in [-0.39, 0.29) is 18.3 Å². The van der Waals surface area contributed by atoms with E-state index in [4.69, 9.17) is 11.6 Å². The molecule has 1 heterocycles. The highest BCUT2D eigenvalue weighted by atomic mass is 79.9. The van der Waals surface area contributed by atoms with Crippen LogP contribution >= 0.6 is 39.9 Å². The predicted octanol–water partition coefficient (Wildman–Crippen LogP) is 3.60. The SMILES string of the molecule is CNCC1CCN(C(=O)c2ccc(Br)cc2Cl)CC1.Cl. The third kappa shape index (κ3) is 4.35. The fourth-order valence-electron chi connectivity index (χ4n) is 2.46. The van der Waals surface area contributed by atoms with Gasteiger partial charge in [-0.1, -0.05) is 27.5 Å². The zero-order valence-electron chi connectivity index (χ0n) is 11.4. The van der Waals surface area contributed by atoms with Crippen LogP contribution < -0.4 is 5.32 Å². The van der Waals surface area contributed by atoms with Crippen LogP contribution in [0.1, 0.15) is 23.2 Å². The van der Waals surface area contributed by atoms with Crippen LogP contribution in [-0.2, 0) is 0 Å². The zero-order chi connectivity index (χ0) is 13.8. The van der Waals surface area contributed by atoms with Gasteiger partial charge in [0.15, 0.2) is 0 Å². The van der Waals surface area contributed by atoms with Crippen molar-refractivity contribution in [2.45, 2.75) is 12.8 Å². The van der Waals surface area contributed by atoms with Crippen LogP contribution in [0.5, 0.6) is 0 Å². The topological polar surface area (TPSA) is 32.3 Å². The van der Waals surface area contributed by atoms with Crippen LogP contribution in [0.2, 0.25) is 5.02 Å². The standard InChI is InChI=1S/C14H18BrClN2O.ClH/c1-17-9-10-4-6-18(7-5-10)14(19)12-3-2-11(15)8-13(12)16;/h2-3,8,10,17H,4-7,9H2,1H3;1H. The molecule has 1 aliphatic rings. The number of amides is 1. The molecule has 0 bridgehead atoms. The van der Waals surface area contributed by atoms with Gasteiger partial charge in [-0.05, 0) is 50.6 Å². The number of benzene rings is 1. The van der Waals surface area contributed by atoms with Crippen LogP contribution in [0.15, 0.2) is 22.7 Å². The lowest BCUT2D eigenvalue weighted by molar-refractivity contribution is 0.0691. The van der Waals surface area contributed by atoms with Gasteiger partial charge in [-0.2, -0.15) is 0 Å². The van der Waals surface area contributed by atoms with Crippen molar-refractivity contribution >= 4 is 45.8 Å². The molecule has 0 unspecified atom stereocenters. The summed E-state index contributed by atoms with van der Waals surface area (Å²) in [6.07, 6.45) is 2.11. The molecule has 1 N–H and O–H groups in total. The van der Waals surface area contributed by atoms with Gasteiger partial charge in [-0.15, -0.1) is 12.4 Å². The molecule has 6 heteroatoms. The quantitative estimate of drug-likeness (QED) is 0.867. The number of likely N-dealkylation sites (tertiary alicyclic amines) is 1. The molecule has 1 aromatic carbocycles. The summed E-state index contributed by atoms with van der Waals surface area (Å²) in [5, 5.41) is 3.71. The van der Waals surface area contributed by atoms with Crippen molar-refractivity contribution in [1.82, 2.24) is 10.2 Å². The van der Waals surface area contributed by atoms with Gasteiger partial charge in [-0.25, -0.2) is 0 Å². The Hall–Kier alpha value is -0.290. The average Bonchev–Trinajstić information content (AvgIpc) is 2.39. The van der Waals surface area contributed by atoms with Gasteiger partial charge in [-0.3, -0.25) is 4.79 Å². The van der Waals surface area contributed by atoms with Gasteiger partial charge in [0.1, 0.15) is 0 Å². The number of rotatable bonds is 3. The van der Waals surface area contributed by atoms with E-state index in [0.717, 1.165) is 36.9 Å². The molecule has 3 nitrogen and oxygen atoms in total. The number of carbonyl (C=O) groups is 1. The lowest BCUT2D eigenvalue weighted by Crippen LogP contribution is -2.40. The number of nitrogens with one attached hydrogen (secondary N) is 1. The molecule has 0 saturated carbocycles. The van der Waals surface area contributed by atoms with Crippen molar-refractivity contribution in [3.63, 3.8) is 0 Å². The Morgan fingerprint density at radius 3 is 2.65 bits per heavy atom. The Labute approximate surface area is 139 Å². The van der Waals surface area contributed by atoms with E-state index < -0.39 is 0 Å². The van der Waals surface area contributed by atoms with Gasteiger partial charge < -0.3 is 10.2 Å². The highest BCUT2D eigenvalue weighted by Gasteiger charge is 2.24. The molecule has 0 aromatic heterocycles. The second-order valence-electron chi connectivity index (χ2n) is 4.92. The summed E-state index contributed by atoms with van der Waals surface area (Å²) in [6.45, 7) is 2.66. The molecule has 0 aliphatic carbocycles. The van der Waals surface area contributed by atoms with Crippen LogP contribution in [0.4, 0.5) is 0 Å². The second kappa shape index (κ2) is 8.23. The largest absolute Gasteiger partial charge is 0.339 e. The Bertz CT molecular complexity index is 462. The number of hydrogen-bond acceptors (Lipinski definition) is 2. The predicted molar refractivity (Wildman–Crippen MR) is 89.0 cm³/mol. The number of carbonyl (C=O) groups excluding carboxylic acids is 1. The lowest BCUT2D eigenvalue weighted by atomic mass is 9.96. The number of piperidine rings is 1.